The van der Waals surface area contributed by atoms with E-state index >= 15 is 0 Å². The third-order valence-electron chi connectivity index (χ3n) is 3.56. The second-order valence-corrected chi connectivity index (χ2v) is 5.89. The lowest BCUT2D eigenvalue weighted by Crippen LogP contribution is -2.70. The van der Waals surface area contributed by atoms with Crippen molar-refractivity contribution in [1.82, 2.24) is 0 Å². The molecule has 27 heavy (non-hydrogen) atoms. The number of aliphatic hydroxyl groups is 1. The van der Waals surface area contributed by atoms with Gasteiger partial charge in [0.25, 0.3) is 5.79 Å². The van der Waals surface area contributed by atoms with Gasteiger partial charge in [0.15, 0.2) is 18.0 Å². The Morgan fingerprint density at radius 2 is 1.30 bits per heavy atom. The van der Waals surface area contributed by atoms with Crippen LogP contribution in [0.4, 0.5) is 0 Å². The number of carbonyl (C=O) groups is 5. The highest BCUT2D eigenvalue weighted by atomic mass is 16.7. The van der Waals surface area contributed by atoms with Crippen molar-refractivity contribution in [3.05, 3.63) is 0 Å². The van der Waals surface area contributed by atoms with Crippen LogP contribution in [-0.2, 0) is 47.7 Å². The molecule has 0 radical (unpaired) electrons. The van der Waals surface area contributed by atoms with Crippen molar-refractivity contribution >= 4 is 29.7 Å². The summed E-state index contributed by atoms with van der Waals surface area (Å²) >= 11 is 0. The van der Waals surface area contributed by atoms with Crippen molar-refractivity contribution in [2.24, 2.45) is 0 Å². The zero-order valence-corrected chi connectivity index (χ0v) is 15.5. The normalized spacial score (nSPS) is 30.0. The van der Waals surface area contributed by atoms with Crippen LogP contribution in [0.25, 0.3) is 0 Å². The van der Waals surface area contributed by atoms with Gasteiger partial charge in [-0.25, -0.2) is 0 Å². The van der Waals surface area contributed by atoms with Crippen LogP contribution < -0.4 is 0 Å². The molecule has 0 aromatic carbocycles. The van der Waals surface area contributed by atoms with Gasteiger partial charge in [-0.2, -0.15) is 0 Å². The Balaban J connectivity index is 3.43. The first-order valence-corrected chi connectivity index (χ1v) is 7.94. The van der Waals surface area contributed by atoms with Gasteiger partial charge in [-0.05, 0) is 0 Å². The van der Waals surface area contributed by atoms with Gasteiger partial charge >= 0.3 is 23.9 Å². The molecule has 11 heteroatoms. The second kappa shape index (κ2) is 8.91. The summed E-state index contributed by atoms with van der Waals surface area (Å²) in [6.45, 7) is 4.60. The minimum absolute atomic E-state index is 0.534. The molecule has 152 valence electrons. The van der Waals surface area contributed by atoms with Crippen molar-refractivity contribution in [2.45, 2.75) is 64.8 Å². The smallest absolute Gasteiger partial charge is 0.303 e. The van der Waals surface area contributed by atoms with E-state index < -0.39 is 66.5 Å². The summed E-state index contributed by atoms with van der Waals surface area (Å²) < 4.78 is 25.2. The van der Waals surface area contributed by atoms with Gasteiger partial charge in [0.05, 0.1) is 0 Å². The van der Waals surface area contributed by atoms with Crippen LogP contribution in [0.1, 0.15) is 34.6 Å². The second-order valence-electron chi connectivity index (χ2n) is 5.89. The summed E-state index contributed by atoms with van der Waals surface area (Å²) in [5.41, 5.74) is 0. The van der Waals surface area contributed by atoms with Gasteiger partial charge in [0.1, 0.15) is 12.7 Å². The lowest BCUT2D eigenvalue weighted by molar-refractivity contribution is -0.334. The molecule has 1 heterocycles. The summed E-state index contributed by atoms with van der Waals surface area (Å²) in [6.07, 6.45) is -6.24. The topological polar surface area (TPSA) is 152 Å². The van der Waals surface area contributed by atoms with Gasteiger partial charge in [0, 0.05) is 34.6 Å². The van der Waals surface area contributed by atoms with Gasteiger partial charge in [0.2, 0.25) is 6.10 Å². The van der Waals surface area contributed by atoms with Crippen LogP contribution in [0.5, 0.6) is 0 Å². The lowest BCUT2D eigenvalue weighted by atomic mass is 9.89. The summed E-state index contributed by atoms with van der Waals surface area (Å²) in [4.78, 5) is 57.6. The molecule has 0 aliphatic carbocycles. The van der Waals surface area contributed by atoms with Crippen molar-refractivity contribution in [3.63, 3.8) is 0 Å². The fourth-order valence-electron chi connectivity index (χ4n) is 2.56. The summed E-state index contributed by atoms with van der Waals surface area (Å²) in [5.74, 6) is -7.01. The van der Waals surface area contributed by atoms with E-state index in [-0.39, 0.29) is 0 Å². The quantitative estimate of drug-likeness (QED) is 0.440. The van der Waals surface area contributed by atoms with Crippen molar-refractivity contribution in [3.8, 4) is 0 Å². The van der Waals surface area contributed by atoms with Crippen LogP contribution in [-0.4, -0.2) is 71.6 Å². The Kier molecular flexibility index (Phi) is 7.43. The molecule has 1 fully saturated rings. The zero-order chi connectivity index (χ0) is 20.9. The molecule has 1 unspecified atom stereocenters. The van der Waals surface area contributed by atoms with Gasteiger partial charge < -0.3 is 28.8 Å². The highest BCUT2D eigenvalue weighted by Crippen LogP contribution is 2.35. The summed E-state index contributed by atoms with van der Waals surface area (Å²) in [7, 11) is 0. The molecule has 11 nitrogen and oxygen atoms in total. The molecule has 1 rings (SSSR count). The van der Waals surface area contributed by atoms with Gasteiger partial charge in [-0.1, -0.05) is 0 Å². The highest BCUT2D eigenvalue weighted by Gasteiger charge is 2.61. The molecule has 0 aromatic rings. The molecule has 1 aliphatic rings. The third kappa shape index (κ3) is 5.73. The maximum Gasteiger partial charge on any atom is 0.303 e. The predicted molar refractivity (Wildman–Crippen MR) is 83.8 cm³/mol. The molecule has 5 atom stereocenters. The average Bonchev–Trinajstić information content (AvgIpc) is 2.50. The van der Waals surface area contributed by atoms with Crippen LogP contribution in [0.15, 0.2) is 0 Å². The van der Waals surface area contributed by atoms with Crippen molar-refractivity contribution in [2.75, 3.05) is 6.61 Å². The van der Waals surface area contributed by atoms with Crippen molar-refractivity contribution in [1.29, 1.82) is 0 Å². The molecule has 0 aromatic heterocycles. The third-order valence-corrected chi connectivity index (χ3v) is 3.56. The Bertz CT molecular complexity index is 628. The maximum absolute atomic E-state index is 12.0. The van der Waals surface area contributed by atoms with Crippen LogP contribution in [0, 0.1) is 0 Å². The first kappa shape index (κ1) is 22.5. The lowest BCUT2D eigenvalue weighted by Gasteiger charge is -2.47. The van der Waals surface area contributed by atoms with E-state index in [0.717, 1.165) is 34.6 Å². The minimum atomic E-state index is -2.73. The van der Waals surface area contributed by atoms with E-state index in [1.54, 1.807) is 0 Å². The fourth-order valence-corrected chi connectivity index (χ4v) is 2.56. The van der Waals surface area contributed by atoms with Gasteiger partial charge in [-0.15, -0.1) is 0 Å². The number of ether oxygens (including phenoxy) is 5. The average molecular weight is 390 g/mol. The first-order valence-electron chi connectivity index (χ1n) is 7.94. The van der Waals surface area contributed by atoms with Gasteiger partial charge in [-0.3, -0.25) is 24.0 Å². The Labute approximate surface area is 154 Å². The molecular formula is C16H22O11. The Hall–Kier alpha value is -2.53. The maximum atomic E-state index is 12.0. The first-order chi connectivity index (χ1) is 12.4. The molecule has 0 bridgehead atoms. The molecule has 0 spiro atoms. The van der Waals surface area contributed by atoms with Crippen LogP contribution >= 0.6 is 0 Å². The van der Waals surface area contributed by atoms with E-state index in [0.29, 0.717) is 0 Å². The molecular weight excluding hydrogens is 368 g/mol. The predicted octanol–water partition coefficient (Wildman–Crippen LogP) is -0.979. The number of esters is 4. The van der Waals surface area contributed by atoms with E-state index in [9.17, 15) is 29.1 Å². The van der Waals surface area contributed by atoms with E-state index in [2.05, 4.69) is 0 Å². The van der Waals surface area contributed by atoms with E-state index in [1.807, 2.05) is 0 Å². The molecule has 0 amide bonds. The zero-order valence-electron chi connectivity index (χ0n) is 15.5. The number of ketones is 1. The Morgan fingerprint density at radius 3 is 1.70 bits per heavy atom. The Morgan fingerprint density at radius 1 is 0.815 bits per heavy atom. The number of hydrogen-bond acceptors (Lipinski definition) is 11. The molecule has 0 saturated carbocycles. The number of hydrogen-bond donors (Lipinski definition) is 1. The monoisotopic (exact) mass is 390 g/mol. The number of rotatable bonds is 6. The van der Waals surface area contributed by atoms with Crippen molar-refractivity contribution < 1.29 is 52.8 Å². The minimum Gasteiger partial charge on any atom is -0.463 e. The largest absolute Gasteiger partial charge is 0.463 e. The SMILES string of the molecule is CC(=O)OC[C@H]1OC(O)(C(C)=O)[C@H](OC(C)=O)[C@@H](OC(C)=O)[C@H]1OC(C)=O. The number of Topliss-reactive ketones (excluding diaryl/α,β-unsaturated/α-hetero) is 1. The van der Waals surface area contributed by atoms with Crippen LogP contribution in [0.3, 0.4) is 0 Å². The standard InChI is InChI=1S/C16H22O11/c1-7(17)16(22)15(26-11(5)21)14(25-10(4)20)13(24-9(3)19)12(27-16)6-23-8(2)18/h12-15,22H,6H2,1-5H3/t12-,13+,14+,15-,16?/m1/s1. The summed E-state index contributed by atoms with van der Waals surface area (Å²) in [5, 5.41) is 10.7. The summed E-state index contributed by atoms with van der Waals surface area (Å²) in [6, 6.07) is 0. The van der Waals surface area contributed by atoms with Crippen LogP contribution in [0.2, 0.25) is 0 Å². The number of carbonyl (C=O) groups excluding carboxylic acids is 5. The van der Waals surface area contributed by atoms with E-state index in [1.165, 1.54) is 0 Å². The highest BCUT2D eigenvalue weighted by molar-refractivity contribution is 5.85. The molecule has 1 saturated heterocycles. The van der Waals surface area contributed by atoms with E-state index in [4.69, 9.17) is 23.7 Å². The molecule has 1 aliphatic heterocycles. The molecule has 1 N–H and O–H groups in total. The fraction of sp³-hybridized carbons (Fsp3) is 0.688.